The second kappa shape index (κ2) is 16.5. The highest BCUT2D eigenvalue weighted by Gasteiger charge is 2.21. The van der Waals surface area contributed by atoms with Gasteiger partial charge in [-0.2, -0.15) is 5.10 Å². The maximum absolute atomic E-state index is 13.1. The summed E-state index contributed by atoms with van der Waals surface area (Å²) in [6, 6.07) is 8.58. The van der Waals surface area contributed by atoms with Gasteiger partial charge in [0.05, 0.1) is 18.2 Å². The number of benzene rings is 1. The molecule has 0 radical (unpaired) electrons. The molecule has 1 unspecified atom stereocenters. The number of anilines is 1. The molecule has 1 saturated heterocycles. The van der Waals surface area contributed by atoms with Crippen LogP contribution >= 0.6 is 0 Å². The number of nitrogens with one attached hydrogen (secondary N) is 1. The Morgan fingerprint density at radius 1 is 1.22 bits per heavy atom. The van der Waals surface area contributed by atoms with Crippen molar-refractivity contribution in [2.75, 3.05) is 24.6 Å². The van der Waals surface area contributed by atoms with Gasteiger partial charge in [-0.3, -0.25) is 4.79 Å². The van der Waals surface area contributed by atoms with E-state index in [1.54, 1.807) is 6.08 Å². The lowest BCUT2D eigenvalue weighted by Crippen LogP contribution is -2.33. The van der Waals surface area contributed by atoms with Gasteiger partial charge in [0.1, 0.15) is 6.61 Å². The van der Waals surface area contributed by atoms with Crippen molar-refractivity contribution in [1.29, 1.82) is 0 Å². The normalized spacial score (nSPS) is 15.9. The molecule has 0 bridgehead atoms. The van der Waals surface area contributed by atoms with Crippen LogP contribution in [0.25, 0.3) is 0 Å². The molecule has 198 valence electrons. The number of amides is 1. The number of hydrogen-bond donors (Lipinski definition) is 3. The van der Waals surface area contributed by atoms with Crippen LogP contribution in [0.4, 0.5) is 5.69 Å². The molecule has 0 spiro atoms. The number of nitrogens with zero attached hydrogens (tertiary/aromatic N) is 2. The molecular formula is C29H45N5O2. The summed E-state index contributed by atoms with van der Waals surface area (Å²) in [4.78, 5) is 15.6. The summed E-state index contributed by atoms with van der Waals surface area (Å²) >= 11 is 0. The number of allylic oxidation sites excluding steroid dienone is 4. The molecule has 1 aromatic rings. The Kier molecular flexibility index (Phi) is 13.3. The number of nitrogens with two attached hydrogens (primary N) is 2. The molecule has 0 saturated carbocycles. The zero-order chi connectivity index (χ0) is 26.2. The number of ether oxygens (including phenoxy) is 1. The Labute approximate surface area is 217 Å². The first-order valence-electron chi connectivity index (χ1n) is 13.2. The Morgan fingerprint density at radius 3 is 2.67 bits per heavy atom. The van der Waals surface area contributed by atoms with Crippen molar-refractivity contribution < 1.29 is 9.53 Å². The number of carbonyl (C=O) groups excluding carboxylic acids is 1. The summed E-state index contributed by atoms with van der Waals surface area (Å²) in [5, 5.41) is 6.73. The van der Waals surface area contributed by atoms with Crippen molar-refractivity contribution in [3.8, 4) is 0 Å². The number of carbonyl (C=O) groups is 1. The molecule has 7 heteroatoms. The zero-order valence-corrected chi connectivity index (χ0v) is 22.2. The largest absolute Gasteiger partial charge is 0.491 e. The quantitative estimate of drug-likeness (QED) is 0.0570. The van der Waals surface area contributed by atoms with Gasteiger partial charge >= 0.3 is 0 Å². The van der Waals surface area contributed by atoms with E-state index >= 15 is 0 Å². The molecular weight excluding hydrogens is 450 g/mol. The lowest BCUT2D eigenvalue weighted by atomic mass is 9.96. The van der Waals surface area contributed by atoms with Gasteiger partial charge in [0, 0.05) is 18.8 Å². The molecule has 1 aliphatic rings. The Hall–Kier alpha value is -3.22. The van der Waals surface area contributed by atoms with Crippen molar-refractivity contribution in [3.05, 3.63) is 66.0 Å². The van der Waals surface area contributed by atoms with Gasteiger partial charge in [0.15, 0.2) is 5.84 Å². The molecule has 5 N–H and O–H groups in total. The van der Waals surface area contributed by atoms with Gasteiger partial charge in [-0.25, -0.2) is 0 Å². The summed E-state index contributed by atoms with van der Waals surface area (Å²) in [7, 11) is 0. The molecule has 1 heterocycles. The van der Waals surface area contributed by atoms with E-state index in [-0.39, 0.29) is 24.4 Å². The van der Waals surface area contributed by atoms with Crippen molar-refractivity contribution >= 4 is 17.4 Å². The fourth-order valence-electron chi connectivity index (χ4n) is 4.43. The van der Waals surface area contributed by atoms with Crippen LogP contribution < -0.4 is 21.8 Å². The summed E-state index contributed by atoms with van der Waals surface area (Å²) in [5.41, 5.74) is 8.92. The van der Waals surface area contributed by atoms with Crippen molar-refractivity contribution in [3.63, 3.8) is 0 Å². The lowest BCUT2D eigenvalue weighted by molar-refractivity contribution is -0.121. The molecule has 1 aromatic carbocycles. The zero-order valence-electron chi connectivity index (χ0n) is 22.2. The average Bonchev–Trinajstić information content (AvgIpc) is 2.91. The molecule has 2 rings (SSSR count). The Bertz CT molecular complexity index is 916. The third-order valence-electron chi connectivity index (χ3n) is 6.47. The van der Waals surface area contributed by atoms with E-state index in [1.807, 2.05) is 19.1 Å². The van der Waals surface area contributed by atoms with Crippen LogP contribution in [0.5, 0.6) is 0 Å². The number of rotatable bonds is 15. The summed E-state index contributed by atoms with van der Waals surface area (Å²) < 4.78 is 5.49. The smallest absolute Gasteiger partial charge is 0.224 e. The van der Waals surface area contributed by atoms with Crippen LogP contribution in [0, 0.1) is 0 Å². The van der Waals surface area contributed by atoms with Gasteiger partial charge in [0.2, 0.25) is 5.91 Å². The minimum Gasteiger partial charge on any atom is -0.491 e. The van der Waals surface area contributed by atoms with E-state index in [0.29, 0.717) is 12.8 Å². The van der Waals surface area contributed by atoms with E-state index in [2.05, 4.69) is 53.1 Å². The Morgan fingerprint density at radius 2 is 1.97 bits per heavy atom. The van der Waals surface area contributed by atoms with E-state index in [4.69, 9.17) is 16.3 Å². The number of amidine groups is 1. The predicted molar refractivity (Wildman–Crippen MR) is 151 cm³/mol. The lowest BCUT2D eigenvalue weighted by Gasteiger charge is -2.33. The first-order chi connectivity index (χ1) is 17.5. The summed E-state index contributed by atoms with van der Waals surface area (Å²) in [6.45, 7) is 10.3. The number of hydrazone groups is 1. The molecule has 1 amide bonds. The molecule has 0 aliphatic carbocycles. The molecule has 1 fully saturated rings. The molecule has 7 nitrogen and oxygen atoms in total. The number of piperidine rings is 1. The van der Waals surface area contributed by atoms with E-state index in [0.717, 1.165) is 50.1 Å². The fourth-order valence-corrected chi connectivity index (χ4v) is 4.43. The van der Waals surface area contributed by atoms with Gasteiger partial charge in [-0.05, 0) is 62.3 Å². The maximum Gasteiger partial charge on any atom is 0.224 e. The molecule has 36 heavy (non-hydrogen) atoms. The van der Waals surface area contributed by atoms with Crippen molar-refractivity contribution in [1.82, 2.24) is 5.32 Å². The third kappa shape index (κ3) is 10.2. The molecule has 0 aromatic heterocycles. The predicted octanol–water partition coefficient (Wildman–Crippen LogP) is 5.46. The van der Waals surface area contributed by atoms with Gasteiger partial charge < -0.3 is 26.5 Å². The maximum atomic E-state index is 13.1. The minimum atomic E-state index is -0.00144. The van der Waals surface area contributed by atoms with Crippen molar-refractivity contribution in [2.24, 2.45) is 16.7 Å². The minimum absolute atomic E-state index is 0.00144. The highest BCUT2D eigenvalue weighted by molar-refractivity contribution is 5.81. The SMILES string of the molecule is C=C/C(=C\C/C=C(\C)OC/C(N)=N/N)CC(=O)NC(CCCCC)c1ccccc1N1CCCCC1. The van der Waals surface area contributed by atoms with E-state index in [1.165, 1.54) is 30.5 Å². The molecule has 1 atom stereocenters. The number of para-hydroxylation sites is 1. The fraction of sp³-hybridized carbons (Fsp3) is 0.517. The molecule has 1 aliphatic heterocycles. The van der Waals surface area contributed by atoms with Gasteiger partial charge in [-0.1, -0.05) is 63.1 Å². The standard InChI is InChI=1S/C29H45N5O2/c1-4-6-8-17-26(25-16-9-10-18-27(25)34-19-11-7-12-20-34)32-29(35)21-24(5-2)15-13-14-23(3)36-22-28(30)33-31/h5,9-10,14-16,18,26H,2,4,6-8,11-13,17,19-22,31H2,1,3H3,(H2,30,33)(H,32,35)/b23-14+,24-15+. The topological polar surface area (TPSA) is 106 Å². The van der Waals surface area contributed by atoms with E-state index in [9.17, 15) is 4.79 Å². The Balaban J connectivity index is 2.07. The summed E-state index contributed by atoms with van der Waals surface area (Å²) in [5.74, 6) is 6.08. The highest BCUT2D eigenvalue weighted by Crippen LogP contribution is 2.31. The van der Waals surface area contributed by atoms with Gasteiger partial charge in [-0.15, -0.1) is 0 Å². The first-order valence-corrected chi connectivity index (χ1v) is 13.2. The highest BCUT2D eigenvalue weighted by atomic mass is 16.5. The monoisotopic (exact) mass is 495 g/mol. The van der Waals surface area contributed by atoms with Crippen LogP contribution in [-0.2, 0) is 9.53 Å². The van der Waals surface area contributed by atoms with Gasteiger partial charge in [0.25, 0.3) is 0 Å². The third-order valence-corrected chi connectivity index (χ3v) is 6.47. The van der Waals surface area contributed by atoms with Crippen LogP contribution in [0.2, 0.25) is 0 Å². The van der Waals surface area contributed by atoms with Crippen LogP contribution in [0.1, 0.15) is 83.2 Å². The summed E-state index contributed by atoms with van der Waals surface area (Å²) in [6.07, 6.45) is 14.7. The van der Waals surface area contributed by atoms with Crippen LogP contribution in [0.3, 0.4) is 0 Å². The first kappa shape index (κ1) is 29.0. The van der Waals surface area contributed by atoms with Crippen LogP contribution in [-0.4, -0.2) is 31.4 Å². The second-order valence-corrected chi connectivity index (χ2v) is 9.34. The van der Waals surface area contributed by atoms with E-state index < -0.39 is 0 Å². The van der Waals surface area contributed by atoms with Crippen molar-refractivity contribution in [2.45, 2.75) is 77.7 Å². The van der Waals surface area contributed by atoms with Crippen LogP contribution in [0.15, 0.2) is 65.5 Å². The number of unbranched alkanes of at least 4 members (excludes halogenated alkanes) is 2. The number of hydrogen-bond acceptors (Lipinski definition) is 5. The average molecular weight is 496 g/mol. The second-order valence-electron chi connectivity index (χ2n) is 9.34.